The van der Waals surface area contributed by atoms with Crippen molar-refractivity contribution in [3.8, 4) is 12.1 Å². The molecule has 0 fully saturated rings. The summed E-state index contributed by atoms with van der Waals surface area (Å²) in [5, 5.41) is 14.6. The van der Waals surface area contributed by atoms with E-state index in [1.807, 2.05) is 0 Å². The van der Waals surface area contributed by atoms with Gasteiger partial charge in [-0.2, -0.15) is 10.5 Å². The van der Waals surface area contributed by atoms with Crippen molar-refractivity contribution in [3.05, 3.63) is 0 Å². The van der Waals surface area contributed by atoms with Crippen LogP contribution in [-0.4, -0.2) is 19.5 Å². The van der Waals surface area contributed by atoms with Gasteiger partial charge in [-0.25, -0.2) is 0 Å². The Bertz CT molecular complexity index is 190. The van der Waals surface area contributed by atoms with Gasteiger partial charge in [0.2, 0.25) is 0 Å². The SMILES string of the molecule is CC#N.CC#N.[F][Sb-]([F])([F])([F])([F])[F]. The van der Waals surface area contributed by atoms with Crippen LogP contribution in [0, 0.1) is 22.7 Å². The molecule has 0 atom stereocenters. The number of nitriles is 2. The van der Waals surface area contributed by atoms with Crippen LogP contribution in [0.15, 0.2) is 0 Å². The standard InChI is InChI=1S/2C2H3N.6FH.Sb/c2*1-2-3;;;;;;;/h2*1H3;6*1H;/q;;;;;;;;+5/p-6. The molecular formula is C4H6F6N2Sb-. The predicted octanol–water partition coefficient (Wildman–Crippen LogP) is 3.20. The van der Waals surface area contributed by atoms with Crippen molar-refractivity contribution >= 4 is 19.5 Å². The number of rotatable bonds is 0. The first-order valence-corrected chi connectivity index (χ1v) is 8.25. The Morgan fingerprint density at radius 1 is 0.769 bits per heavy atom. The van der Waals surface area contributed by atoms with Gasteiger partial charge in [-0.1, -0.05) is 0 Å². The molecule has 2 nitrogen and oxygen atoms in total. The van der Waals surface area contributed by atoms with Crippen LogP contribution < -0.4 is 0 Å². The molecule has 0 aliphatic rings. The Morgan fingerprint density at radius 2 is 0.769 bits per heavy atom. The normalized spacial score (nSPS) is 13.7. The van der Waals surface area contributed by atoms with Gasteiger partial charge >= 0.3 is 36.4 Å². The minimum atomic E-state index is -11.2. The Kier molecular flexibility index (Phi) is 6.40. The Morgan fingerprint density at radius 3 is 0.769 bits per heavy atom. The quantitative estimate of drug-likeness (QED) is 0.509. The first-order chi connectivity index (χ1) is 5.28. The Labute approximate surface area is 73.3 Å². The molecule has 80 valence electrons. The van der Waals surface area contributed by atoms with E-state index in [1.54, 1.807) is 12.1 Å². The molecule has 0 radical (unpaired) electrons. The second-order valence-electron chi connectivity index (χ2n) is 1.41. The average molecular weight is 318 g/mol. The molecule has 0 saturated heterocycles. The summed E-state index contributed by atoms with van der Waals surface area (Å²) in [6, 6.07) is 3.50. The third-order valence-electron chi connectivity index (χ3n) is 0. The van der Waals surface area contributed by atoms with Gasteiger partial charge in [-0.05, 0) is 0 Å². The van der Waals surface area contributed by atoms with Gasteiger partial charge in [0.05, 0.1) is 12.1 Å². The summed E-state index contributed by atoms with van der Waals surface area (Å²) >= 11 is -11.2. The van der Waals surface area contributed by atoms with E-state index in [0.29, 0.717) is 0 Å². The van der Waals surface area contributed by atoms with Gasteiger partial charge in [0.15, 0.2) is 0 Å². The molecule has 0 saturated carbocycles. The molecule has 0 unspecified atom stereocenters. The first-order valence-electron chi connectivity index (χ1n) is 2.46. The second-order valence-corrected chi connectivity index (χ2v) is 6.88. The number of nitrogens with zero attached hydrogens (tertiary/aromatic N) is 2. The van der Waals surface area contributed by atoms with Crippen molar-refractivity contribution in [2.75, 3.05) is 0 Å². The molecule has 0 aromatic carbocycles. The number of halogens is 6. The third-order valence-corrected chi connectivity index (χ3v) is 0. The van der Waals surface area contributed by atoms with Crippen molar-refractivity contribution < 1.29 is 16.9 Å². The van der Waals surface area contributed by atoms with Crippen LogP contribution in [0.5, 0.6) is 0 Å². The van der Waals surface area contributed by atoms with Crippen LogP contribution >= 0.6 is 0 Å². The average Bonchev–Trinajstić information content (AvgIpc) is 1.57. The third kappa shape index (κ3) is 2590. The summed E-state index contributed by atoms with van der Waals surface area (Å²) in [7, 11) is 0. The second kappa shape index (κ2) is 4.57. The van der Waals surface area contributed by atoms with Crippen LogP contribution in [0.2, 0.25) is 0 Å². The Balaban J connectivity index is -0.000000140. The zero-order valence-corrected chi connectivity index (χ0v) is 9.16. The fraction of sp³-hybridized carbons (Fsp3) is 0.500. The number of hydrogen-bond donors (Lipinski definition) is 0. The minimum absolute atomic E-state index is 1.43. The van der Waals surface area contributed by atoms with E-state index >= 15 is 0 Å². The van der Waals surface area contributed by atoms with Gasteiger partial charge in [0, 0.05) is 13.8 Å². The van der Waals surface area contributed by atoms with Crippen molar-refractivity contribution in [1.82, 2.24) is 0 Å². The summed E-state index contributed by atoms with van der Waals surface area (Å²) in [6.07, 6.45) is 0. The molecule has 0 bridgehead atoms. The van der Waals surface area contributed by atoms with Gasteiger partial charge in [-0.15, -0.1) is 0 Å². The number of hydrogen-bond acceptors (Lipinski definition) is 2. The predicted molar refractivity (Wildman–Crippen MR) is 35.0 cm³/mol. The maximum atomic E-state index is 9.93. The van der Waals surface area contributed by atoms with Crippen molar-refractivity contribution in [2.24, 2.45) is 0 Å². The summed E-state index contributed by atoms with van der Waals surface area (Å²) in [4.78, 5) is 0. The maximum absolute atomic E-state index is 11.2. The molecule has 0 aromatic heterocycles. The summed E-state index contributed by atoms with van der Waals surface area (Å²) in [6.45, 7) is 2.86. The van der Waals surface area contributed by atoms with Crippen molar-refractivity contribution in [2.45, 2.75) is 13.8 Å². The van der Waals surface area contributed by atoms with E-state index in [0.717, 1.165) is 0 Å². The van der Waals surface area contributed by atoms with E-state index in [9.17, 15) is 16.9 Å². The van der Waals surface area contributed by atoms with Crippen LogP contribution in [0.25, 0.3) is 0 Å². The molecule has 0 aliphatic heterocycles. The van der Waals surface area contributed by atoms with Crippen LogP contribution in [0.3, 0.4) is 0 Å². The van der Waals surface area contributed by atoms with Gasteiger partial charge < -0.3 is 0 Å². The molecule has 0 rings (SSSR count). The first kappa shape index (κ1) is 18.2. The molecule has 0 amide bonds. The summed E-state index contributed by atoms with van der Waals surface area (Å²) in [5.74, 6) is 0. The van der Waals surface area contributed by atoms with Crippen LogP contribution in [0.1, 0.15) is 13.8 Å². The van der Waals surface area contributed by atoms with E-state index < -0.39 is 19.5 Å². The Hall–Kier alpha value is -0.622. The monoisotopic (exact) mass is 317 g/mol. The molecular weight excluding hydrogens is 312 g/mol. The molecule has 9 heteroatoms. The molecule has 0 N–H and O–H groups in total. The van der Waals surface area contributed by atoms with Gasteiger partial charge in [0.1, 0.15) is 0 Å². The molecule has 0 spiro atoms. The van der Waals surface area contributed by atoms with Gasteiger partial charge in [0.25, 0.3) is 0 Å². The van der Waals surface area contributed by atoms with Crippen molar-refractivity contribution in [3.63, 3.8) is 0 Å². The van der Waals surface area contributed by atoms with Gasteiger partial charge in [-0.3, -0.25) is 0 Å². The van der Waals surface area contributed by atoms with Crippen LogP contribution in [0.4, 0.5) is 16.9 Å². The fourth-order valence-corrected chi connectivity index (χ4v) is 0. The summed E-state index contributed by atoms with van der Waals surface area (Å²) < 4.78 is 59.6. The molecule has 0 aromatic rings. The van der Waals surface area contributed by atoms with E-state index in [-0.39, 0.29) is 0 Å². The molecule has 0 aliphatic carbocycles. The van der Waals surface area contributed by atoms with E-state index in [4.69, 9.17) is 10.5 Å². The molecule has 0 heterocycles. The molecule has 13 heavy (non-hydrogen) atoms. The zero-order valence-electron chi connectivity index (χ0n) is 6.61. The topological polar surface area (TPSA) is 47.6 Å². The fourth-order valence-electron chi connectivity index (χ4n) is 0. The van der Waals surface area contributed by atoms with Crippen molar-refractivity contribution in [1.29, 1.82) is 10.5 Å². The van der Waals surface area contributed by atoms with E-state index in [2.05, 4.69) is 0 Å². The zero-order chi connectivity index (χ0) is 11.8. The van der Waals surface area contributed by atoms with E-state index in [1.165, 1.54) is 13.8 Å². The summed E-state index contributed by atoms with van der Waals surface area (Å²) in [5.41, 5.74) is 0. The van der Waals surface area contributed by atoms with Crippen LogP contribution in [-0.2, 0) is 0 Å².